The van der Waals surface area contributed by atoms with Crippen LogP contribution >= 0.6 is 0 Å². The molecule has 0 bridgehead atoms. The largest absolute Gasteiger partial charge is 0.452 e. The first-order chi connectivity index (χ1) is 14.6. The molecule has 31 heavy (non-hydrogen) atoms. The first kappa shape index (κ1) is 22.7. The Morgan fingerprint density at radius 2 is 1.90 bits per heavy atom. The highest BCUT2D eigenvalue weighted by molar-refractivity contribution is 6.05. The van der Waals surface area contributed by atoms with Crippen LogP contribution in [0.1, 0.15) is 48.8 Å². The molecule has 1 aliphatic rings. The zero-order chi connectivity index (χ0) is 22.8. The number of pyridine rings is 1. The van der Waals surface area contributed by atoms with E-state index in [9.17, 15) is 14.4 Å². The number of fused-ring (bicyclic) bond motifs is 2. The zero-order valence-electron chi connectivity index (χ0n) is 18.9. The van der Waals surface area contributed by atoms with Crippen LogP contribution in [0, 0.1) is 11.3 Å². The Bertz CT molecular complexity index is 1010. The van der Waals surface area contributed by atoms with Crippen molar-refractivity contribution in [3.63, 3.8) is 0 Å². The number of aryl methyl sites for hydroxylation is 1. The van der Waals surface area contributed by atoms with Gasteiger partial charge in [-0.15, -0.1) is 0 Å². The van der Waals surface area contributed by atoms with Crippen molar-refractivity contribution in [1.29, 1.82) is 0 Å². The van der Waals surface area contributed by atoms with Crippen LogP contribution in [0.5, 0.6) is 0 Å². The summed E-state index contributed by atoms with van der Waals surface area (Å²) in [5, 5.41) is 3.22. The maximum Gasteiger partial charge on any atom is 0.339 e. The van der Waals surface area contributed by atoms with E-state index >= 15 is 0 Å². The van der Waals surface area contributed by atoms with Crippen molar-refractivity contribution in [3.05, 3.63) is 41.1 Å². The summed E-state index contributed by atoms with van der Waals surface area (Å²) < 4.78 is 5.37. The monoisotopic (exact) mass is 425 g/mol. The van der Waals surface area contributed by atoms with Crippen LogP contribution in [0.2, 0.25) is 0 Å². The third-order valence-electron chi connectivity index (χ3n) is 5.96. The van der Waals surface area contributed by atoms with Crippen LogP contribution in [0.4, 0.5) is 0 Å². The molecule has 7 nitrogen and oxygen atoms in total. The summed E-state index contributed by atoms with van der Waals surface area (Å²) in [5.41, 5.74) is 3.24. The van der Waals surface area contributed by atoms with Gasteiger partial charge in [0.15, 0.2) is 6.61 Å². The minimum Gasteiger partial charge on any atom is -0.452 e. The summed E-state index contributed by atoms with van der Waals surface area (Å²) in [5.74, 6) is -0.848. The lowest BCUT2D eigenvalue weighted by Crippen LogP contribution is -2.38. The maximum atomic E-state index is 13.1. The number of carbonyl (C=O) groups excluding carboxylic acids is 3. The smallest absolute Gasteiger partial charge is 0.339 e. The molecular weight excluding hydrogens is 394 g/mol. The molecule has 0 fully saturated rings. The van der Waals surface area contributed by atoms with Crippen LogP contribution in [-0.4, -0.2) is 54.9 Å². The minimum atomic E-state index is -0.529. The number of hydrogen-bond acceptors (Lipinski definition) is 5. The number of likely N-dealkylation sites (N-methyl/N-ethyl adjacent to an activating group) is 1. The van der Waals surface area contributed by atoms with Crippen LogP contribution in [0.3, 0.4) is 0 Å². The number of carbonyl (C=O) groups is 3. The fourth-order valence-electron chi connectivity index (χ4n) is 3.95. The molecule has 0 saturated heterocycles. The molecule has 166 valence electrons. The van der Waals surface area contributed by atoms with E-state index in [4.69, 9.17) is 9.72 Å². The van der Waals surface area contributed by atoms with Crippen molar-refractivity contribution in [2.75, 3.05) is 27.2 Å². The lowest BCUT2D eigenvalue weighted by atomic mass is 9.70. The molecule has 0 radical (unpaired) electrons. The number of amides is 2. The summed E-state index contributed by atoms with van der Waals surface area (Å²) in [6, 6.07) is 7.53. The zero-order valence-corrected chi connectivity index (χ0v) is 18.9. The number of nitrogens with one attached hydrogen (secondary N) is 1. The predicted molar refractivity (Wildman–Crippen MR) is 119 cm³/mol. The Hall–Kier alpha value is -2.96. The van der Waals surface area contributed by atoms with Crippen LogP contribution in [0.25, 0.3) is 10.9 Å². The van der Waals surface area contributed by atoms with Crippen LogP contribution in [0.15, 0.2) is 24.3 Å². The van der Waals surface area contributed by atoms with Crippen LogP contribution < -0.4 is 5.32 Å². The topological polar surface area (TPSA) is 88.6 Å². The van der Waals surface area contributed by atoms with Gasteiger partial charge in [0.25, 0.3) is 5.91 Å². The number of ether oxygens (including phenoxy) is 1. The lowest BCUT2D eigenvalue weighted by molar-refractivity contribution is -0.131. The first-order valence-electron chi connectivity index (χ1n) is 10.6. The van der Waals surface area contributed by atoms with Gasteiger partial charge in [-0.3, -0.25) is 14.6 Å². The molecule has 2 amide bonds. The Kier molecular flexibility index (Phi) is 6.62. The van der Waals surface area contributed by atoms with Gasteiger partial charge in [0.05, 0.1) is 17.6 Å². The lowest BCUT2D eigenvalue weighted by Gasteiger charge is -2.35. The molecule has 7 heteroatoms. The predicted octanol–water partition coefficient (Wildman–Crippen LogP) is 2.75. The van der Waals surface area contributed by atoms with E-state index in [-0.39, 0.29) is 17.9 Å². The van der Waals surface area contributed by atoms with Gasteiger partial charge in [0, 0.05) is 25.2 Å². The van der Waals surface area contributed by atoms with Crippen molar-refractivity contribution < 1.29 is 19.1 Å². The molecule has 2 aromatic rings. The van der Waals surface area contributed by atoms with E-state index in [1.807, 2.05) is 24.3 Å². The van der Waals surface area contributed by atoms with Gasteiger partial charge in [0.2, 0.25) is 5.91 Å². The average Bonchev–Trinajstić information content (AvgIpc) is 2.72. The van der Waals surface area contributed by atoms with Crippen LogP contribution in [-0.2, 0) is 27.2 Å². The highest BCUT2D eigenvalue weighted by Gasteiger charge is 2.33. The standard InChI is InChI=1S/C24H31N3O4/c1-24(2,3)15-10-11-19-17(12-15)22(16-8-6-7-9-18(16)26-19)23(30)31-14-20(28)25-13-21(29)27(4)5/h6-9,15H,10-14H2,1-5H3,(H,25,28)/t15-/m0/s1. The Morgan fingerprint density at radius 3 is 2.58 bits per heavy atom. The minimum absolute atomic E-state index is 0.114. The van der Waals surface area contributed by atoms with E-state index in [2.05, 4.69) is 26.1 Å². The maximum absolute atomic E-state index is 13.1. The number of rotatable bonds is 5. The number of benzene rings is 1. The molecule has 1 heterocycles. The number of hydrogen-bond donors (Lipinski definition) is 1. The van der Waals surface area contributed by atoms with Gasteiger partial charge in [-0.1, -0.05) is 39.0 Å². The third kappa shape index (κ3) is 5.21. The summed E-state index contributed by atoms with van der Waals surface area (Å²) >= 11 is 0. The SMILES string of the molecule is CN(C)C(=O)CNC(=O)COC(=O)c1c2c(nc3ccccc13)CC[C@H](C(C)(C)C)C2. The van der Waals surface area contributed by atoms with Crippen molar-refractivity contribution in [2.24, 2.45) is 11.3 Å². The average molecular weight is 426 g/mol. The van der Waals surface area contributed by atoms with E-state index in [1.165, 1.54) is 4.90 Å². The second-order valence-corrected chi connectivity index (χ2v) is 9.38. The molecular formula is C24H31N3O4. The molecule has 0 unspecified atom stereocenters. The molecule has 0 spiro atoms. The van der Waals surface area contributed by atoms with Gasteiger partial charge in [-0.2, -0.15) is 0 Å². The number of esters is 1. The fourth-order valence-corrected chi connectivity index (χ4v) is 3.95. The molecule has 1 aliphatic carbocycles. The molecule has 0 aliphatic heterocycles. The van der Waals surface area contributed by atoms with Crippen molar-refractivity contribution in [2.45, 2.75) is 40.0 Å². The Balaban J connectivity index is 1.84. The normalized spacial score (nSPS) is 15.8. The van der Waals surface area contributed by atoms with Gasteiger partial charge < -0.3 is 15.0 Å². The third-order valence-corrected chi connectivity index (χ3v) is 5.96. The summed E-state index contributed by atoms with van der Waals surface area (Å²) in [4.78, 5) is 43.0. The summed E-state index contributed by atoms with van der Waals surface area (Å²) in [6.07, 6.45) is 2.60. The molecule has 0 saturated carbocycles. The molecule has 3 rings (SSSR count). The molecule has 1 aromatic carbocycles. The summed E-state index contributed by atoms with van der Waals surface area (Å²) in [6.45, 7) is 6.08. The van der Waals surface area contributed by atoms with Gasteiger partial charge in [-0.05, 0) is 42.2 Å². The van der Waals surface area contributed by atoms with Gasteiger partial charge in [0.1, 0.15) is 0 Å². The number of aromatic nitrogens is 1. The molecule has 1 N–H and O–H groups in total. The second-order valence-electron chi connectivity index (χ2n) is 9.38. The first-order valence-corrected chi connectivity index (χ1v) is 10.6. The van der Waals surface area contributed by atoms with Crippen molar-refractivity contribution in [3.8, 4) is 0 Å². The number of para-hydroxylation sites is 1. The highest BCUT2D eigenvalue weighted by Crippen LogP contribution is 2.39. The van der Waals surface area contributed by atoms with E-state index < -0.39 is 18.5 Å². The Morgan fingerprint density at radius 1 is 1.19 bits per heavy atom. The molecule has 1 atom stereocenters. The van der Waals surface area contributed by atoms with Crippen molar-refractivity contribution >= 4 is 28.7 Å². The molecule has 1 aromatic heterocycles. The second kappa shape index (κ2) is 9.04. The van der Waals surface area contributed by atoms with Gasteiger partial charge in [-0.25, -0.2) is 4.79 Å². The van der Waals surface area contributed by atoms with E-state index in [1.54, 1.807) is 14.1 Å². The summed E-state index contributed by atoms with van der Waals surface area (Å²) in [7, 11) is 3.22. The van der Waals surface area contributed by atoms with E-state index in [0.717, 1.165) is 41.4 Å². The van der Waals surface area contributed by atoms with Crippen molar-refractivity contribution in [1.82, 2.24) is 15.2 Å². The van der Waals surface area contributed by atoms with E-state index in [0.29, 0.717) is 11.5 Å². The van der Waals surface area contributed by atoms with Gasteiger partial charge >= 0.3 is 5.97 Å². The quantitative estimate of drug-likeness (QED) is 0.744. The fraction of sp³-hybridized carbons (Fsp3) is 0.500. The highest BCUT2D eigenvalue weighted by atomic mass is 16.5. The number of nitrogens with zero attached hydrogens (tertiary/aromatic N) is 2. The Labute approximate surface area is 183 Å².